The average molecular weight is 326 g/mol. The third kappa shape index (κ3) is 5.05. The molecule has 1 aromatic rings. The molecule has 5 nitrogen and oxygen atoms in total. The predicted octanol–water partition coefficient (Wildman–Crippen LogP) is 1.53. The van der Waals surface area contributed by atoms with E-state index in [-0.39, 0.29) is 11.8 Å². The molecular formula is C16H26N2O3S. The smallest absolute Gasteiger partial charge is 0.215 e. The summed E-state index contributed by atoms with van der Waals surface area (Å²) >= 11 is 0. The van der Waals surface area contributed by atoms with E-state index in [0.29, 0.717) is 13.2 Å². The van der Waals surface area contributed by atoms with E-state index in [1.165, 1.54) is 0 Å². The number of ether oxygens (including phenoxy) is 1. The molecule has 22 heavy (non-hydrogen) atoms. The second-order valence-corrected chi connectivity index (χ2v) is 7.67. The van der Waals surface area contributed by atoms with Gasteiger partial charge in [0.1, 0.15) is 0 Å². The summed E-state index contributed by atoms with van der Waals surface area (Å²) in [6.07, 6.45) is 2.16. The van der Waals surface area contributed by atoms with Gasteiger partial charge in [0, 0.05) is 26.2 Å². The van der Waals surface area contributed by atoms with Crippen LogP contribution in [0, 0.1) is 6.92 Å². The minimum absolute atomic E-state index is 0.0461. The third-order valence-electron chi connectivity index (χ3n) is 4.23. The van der Waals surface area contributed by atoms with Crippen molar-refractivity contribution in [2.24, 2.45) is 0 Å². The third-order valence-corrected chi connectivity index (χ3v) is 5.52. The maximum Gasteiger partial charge on any atom is 0.215 e. The zero-order valence-electron chi connectivity index (χ0n) is 13.4. The first-order chi connectivity index (χ1) is 10.5. The number of hydrogen-bond donors (Lipinski definition) is 1. The number of nitrogens with zero attached hydrogens (tertiary/aromatic N) is 1. The van der Waals surface area contributed by atoms with Crippen LogP contribution in [0.5, 0.6) is 0 Å². The zero-order valence-corrected chi connectivity index (χ0v) is 14.2. The first-order valence-electron chi connectivity index (χ1n) is 7.76. The van der Waals surface area contributed by atoms with E-state index < -0.39 is 10.0 Å². The quantitative estimate of drug-likeness (QED) is 0.787. The standard InChI is InChI=1S/C16H26N2O3S/c1-14-6-3-4-7-15(14)13-22(19,20)17-12-16-8-5-9-18(16)10-11-21-2/h3-4,6-7,16-17H,5,8-13H2,1-2H3. The molecule has 6 heteroatoms. The van der Waals surface area contributed by atoms with Crippen LogP contribution in [0.25, 0.3) is 0 Å². The van der Waals surface area contributed by atoms with Crippen molar-refractivity contribution < 1.29 is 13.2 Å². The van der Waals surface area contributed by atoms with E-state index >= 15 is 0 Å². The lowest BCUT2D eigenvalue weighted by Gasteiger charge is -2.24. The second-order valence-electron chi connectivity index (χ2n) is 5.86. The van der Waals surface area contributed by atoms with Gasteiger partial charge in [-0.15, -0.1) is 0 Å². The fourth-order valence-electron chi connectivity index (χ4n) is 2.88. The second kappa shape index (κ2) is 8.06. The summed E-state index contributed by atoms with van der Waals surface area (Å²) in [5.41, 5.74) is 1.87. The van der Waals surface area contributed by atoms with Gasteiger partial charge < -0.3 is 4.74 Å². The summed E-state index contributed by atoms with van der Waals surface area (Å²) < 4.78 is 32.4. The van der Waals surface area contributed by atoms with Gasteiger partial charge in [0.2, 0.25) is 10.0 Å². The lowest BCUT2D eigenvalue weighted by Crippen LogP contribution is -2.41. The van der Waals surface area contributed by atoms with Gasteiger partial charge in [0.05, 0.1) is 12.4 Å². The first kappa shape index (κ1) is 17.4. The number of nitrogens with one attached hydrogen (secondary N) is 1. The molecule has 0 spiro atoms. The topological polar surface area (TPSA) is 58.6 Å². The van der Waals surface area contributed by atoms with Crippen LogP contribution < -0.4 is 4.72 Å². The molecule has 1 aromatic carbocycles. The van der Waals surface area contributed by atoms with Crippen molar-refractivity contribution in [3.05, 3.63) is 35.4 Å². The van der Waals surface area contributed by atoms with Crippen LogP contribution in [0.4, 0.5) is 0 Å². The Morgan fingerprint density at radius 1 is 1.36 bits per heavy atom. The number of likely N-dealkylation sites (tertiary alicyclic amines) is 1. The molecule has 1 aliphatic rings. The highest BCUT2D eigenvalue weighted by atomic mass is 32.2. The van der Waals surface area contributed by atoms with Gasteiger partial charge in [0.25, 0.3) is 0 Å². The molecule has 1 saturated heterocycles. The Balaban J connectivity index is 1.88. The molecule has 0 bridgehead atoms. The van der Waals surface area contributed by atoms with Crippen LogP contribution in [0.15, 0.2) is 24.3 Å². The fourth-order valence-corrected chi connectivity index (χ4v) is 4.16. The maximum absolute atomic E-state index is 12.3. The van der Waals surface area contributed by atoms with Crippen molar-refractivity contribution >= 4 is 10.0 Å². The zero-order chi connectivity index (χ0) is 16.0. The van der Waals surface area contributed by atoms with Gasteiger partial charge in [-0.2, -0.15) is 0 Å². The Morgan fingerprint density at radius 3 is 2.86 bits per heavy atom. The largest absolute Gasteiger partial charge is 0.383 e. The molecule has 124 valence electrons. The SMILES string of the molecule is COCCN1CCCC1CNS(=O)(=O)Cc1ccccc1C. The molecule has 1 unspecified atom stereocenters. The molecule has 1 heterocycles. The van der Waals surface area contributed by atoms with E-state index in [0.717, 1.165) is 37.1 Å². The Morgan fingerprint density at radius 2 is 2.14 bits per heavy atom. The van der Waals surface area contributed by atoms with Crippen LogP contribution in [0.3, 0.4) is 0 Å². The van der Waals surface area contributed by atoms with E-state index in [2.05, 4.69) is 9.62 Å². The fraction of sp³-hybridized carbons (Fsp3) is 0.625. The number of methoxy groups -OCH3 is 1. The Bertz CT molecular complexity index is 575. The molecule has 0 aliphatic carbocycles. The summed E-state index contributed by atoms with van der Waals surface area (Å²) in [4.78, 5) is 2.31. The average Bonchev–Trinajstić information content (AvgIpc) is 2.93. The number of rotatable bonds is 8. The lowest BCUT2D eigenvalue weighted by molar-refractivity contribution is 0.141. The van der Waals surface area contributed by atoms with Gasteiger partial charge in [-0.05, 0) is 37.4 Å². The summed E-state index contributed by atoms with van der Waals surface area (Å²) in [5, 5.41) is 0. The monoisotopic (exact) mass is 326 g/mol. The maximum atomic E-state index is 12.3. The normalized spacial score (nSPS) is 19.6. The number of hydrogen-bond acceptors (Lipinski definition) is 4. The van der Waals surface area contributed by atoms with Gasteiger partial charge >= 0.3 is 0 Å². The molecule has 1 N–H and O–H groups in total. The minimum Gasteiger partial charge on any atom is -0.383 e. The van der Waals surface area contributed by atoms with Crippen LogP contribution in [-0.4, -0.2) is 52.7 Å². The van der Waals surface area contributed by atoms with Gasteiger partial charge in [-0.3, -0.25) is 4.90 Å². The molecular weight excluding hydrogens is 300 g/mol. The Labute approximate surface area is 133 Å². The van der Waals surface area contributed by atoms with Crippen LogP contribution in [0.1, 0.15) is 24.0 Å². The van der Waals surface area contributed by atoms with Crippen LogP contribution in [0.2, 0.25) is 0 Å². The van der Waals surface area contributed by atoms with Crippen molar-refractivity contribution in [1.82, 2.24) is 9.62 Å². The predicted molar refractivity (Wildman–Crippen MR) is 88.3 cm³/mol. The Kier molecular flexibility index (Phi) is 6.37. The van der Waals surface area contributed by atoms with Crippen molar-refractivity contribution in [2.45, 2.75) is 31.6 Å². The number of aryl methyl sites for hydroxylation is 1. The number of benzene rings is 1. The minimum atomic E-state index is -3.30. The molecule has 0 aromatic heterocycles. The molecule has 0 radical (unpaired) electrons. The van der Waals surface area contributed by atoms with Gasteiger partial charge in [-0.1, -0.05) is 24.3 Å². The van der Waals surface area contributed by atoms with Crippen molar-refractivity contribution in [2.75, 3.05) is 33.4 Å². The molecule has 1 aliphatic heterocycles. The molecule has 0 saturated carbocycles. The lowest BCUT2D eigenvalue weighted by atomic mass is 10.1. The molecule has 2 rings (SSSR count). The highest BCUT2D eigenvalue weighted by Gasteiger charge is 2.25. The van der Waals surface area contributed by atoms with Crippen LogP contribution in [-0.2, 0) is 20.5 Å². The van der Waals surface area contributed by atoms with Crippen molar-refractivity contribution in [1.29, 1.82) is 0 Å². The summed E-state index contributed by atoms with van der Waals surface area (Å²) in [5.74, 6) is 0.0461. The van der Waals surface area contributed by atoms with Crippen LogP contribution >= 0.6 is 0 Å². The summed E-state index contributed by atoms with van der Waals surface area (Å²) in [6, 6.07) is 7.89. The summed E-state index contributed by atoms with van der Waals surface area (Å²) in [6.45, 7) is 4.99. The molecule has 0 amide bonds. The van der Waals surface area contributed by atoms with Crippen molar-refractivity contribution in [3.63, 3.8) is 0 Å². The highest BCUT2D eigenvalue weighted by Crippen LogP contribution is 2.17. The number of sulfonamides is 1. The van der Waals surface area contributed by atoms with E-state index in [9.17, 15) is 8.42 Å². The van der Waals surface area contributed by atoms with E-state index in [1.54, 1.807) is 7.11 Å². The Hall–Kier alpha value is -0.950. The summed E-state index contributed by atoms with van der Waals surface area (Å²) in [7, 11) is -1.61. The molecule has 1 atom stereocenters. The van der Waals surface area contributed by atoms with Gasteiger partial charge in [-0.25, -0.2) is 13.1 Å². The molecule has 1 fully saturated rings. The van der Waals surface area contributed by atoms with E-state index in [4.69, 9.17) is 4.74 Å². The van der Waals surface area contributed by atoms with Crippen molar-refractivity contribution in [3.8, 4) is 0 Å². The van der Waals surface area contributed by atoms with E-state index in [1.807, 2.05) is 31.2 Å². The highest BCUT2D eigenvalue weighted by molar-refractivity contribution is 7.88. The first-order valence-corrected chi connectivity index (χ1v) is 9.42. The van der Waals surface area contributed by atoms with Gasteiger partial charge in [0.15, 0.2) is 0 Å².